The fourth-order valence-corrected chi connectivity index (χ4v) is 1.37. The normalized spacial score (nSPS) is 10.6. The van der Waals surface area contributed by atoms with E-state index in [1.54, 1.807) is 0 Å². The Morgan fingerprint density at radius 1 is 1.00 bits per heavy atom. The highest BCUT2D eigenvalue weighted by molar-refractivity contribution is 5.97. The minimum absolute atomic E-state index is 0.0192. The molecule has 0 aliphatic heterocycles. The maximum Gasteiger partial charge on any atom is 0.315 e. The van der Waals surface area contributed by atoms with Gasteiger partial charge in [0.05, 0.1) is 0 Å². The second kappa shape index (κ2) is 6.54. The number of carbonyl (C=O) groups is 3. The van der Waals surface area contributed by atoms with Gasteiger partial charge in [0.1, 0.15) is 10.5 Å². The number of amides is 6. The highest BCUT2D eigenvalue weighted by Crippen LogP contribution is 2.02. The van der Waals surface area contributed by atoms with Crippen molar-refractivity contribution >= 4 is 28.6 Å². The zero-order valence-corrected chi connectivity index (χ0v) is 11.3. The predicted molar refractivity (Wildman–Crippen MR) is 61.4 cm³/mol. The van der Waals surface area contributed by atoms with Crippen molar-refractivity contribution in [1.29, 1.82) is 0 Å². The molecule has 0 aromatic heterocycles. The molecule has 0 aliphatic carbocycles. The highest BCUT2D eigenvalue weighted by Gasteiger charge is 2.33. The van der Waals surface area contributed by atoms with Crippen LogP contribution in [0.4, 0.5) is 14.4 Å². The van der Waals surface area contributed by atoms with E-state index in [0.717, 1.165) is 0 Å². The number of hydrogen-bond donors (Lipinski definition) is 6. The van der Waals surface area contributed by atoms with Gasteiger partial charge in [-0.2, -0.15) is 0 Å². The molecule has 6 amide bonds. The first-order valence-electron chi connectivity index (χ1n) is 4.53. The molecular formula is C6H16N6O4Si. The Morgan fingerprint density at radius 2 is 1.35 bits per heavy atom. The van der Waals surface area contributed by atoms with Crippen molar-refractivity contribution in [3.63, 3.8) is 0 Å². The van der Waals surface area contributed by atoms with Crippen LogP contribution in [0.1, 0.15) is 6.42 Å². The smallest absolute Gasteiger partial charge is 0.315 e. The van der Waals surface area contributed by atoms with Gasteiger partial charge in [-0.25, -0.2) is 14.4 Å². The molecule has 0 radical (unpaired) electrons. The molecule has 0 aliphatic rings. The zero-order valence-electron chi connectivity index (χ0n) is 9.28. The molecular weight excluding hydrogens is 248 g/mol. The van der Waals surface area contributed by atoms with Gasteiger partial charge in [0.15, 0.2) is 5.79 Å². The van der Waals surface area contributed by atoms with E-state index in [4.69, 9.17) is 21.6 Å². The minimum atomic E-state index is -1.66. The van der Waals surface area contributed by atoms with E-state index in [1.807, 2.05) is 0 Å². The average molecular weight is 264 g/mol. The van der Waals surface area contributed by atoms with Crippen LogP contribution in [0.5, 0.6) is 0 Å². The van der Waals surface area contributed by atoms with Gasteiger partial charge in [-0.05, 0) is 0 Å². The van der Waals surface area contributed by atoms with Crippen LogP contribution in [0.15, 0.2) is 0 Å². The summed E-state index contributed by atoms with van der Waals surface area (Å²) in [7, 11) is 0.447. The summed E-state index contributed by atoms with van der Waals surface area (Å²) in [6.07, 6.45) is 0.0192. The Bertz CT molecular complexity index is 270. The molecule has 0 saturated heterocycles. The van der Waals surface area contributed by atoms with E-state index in [1.165, 1.54) is 0 Å². The number of primary amides is 3. The van der Waals surface area contributed by atoms with E-state index in [-0.39, 0.29) is 13.0 Å². The Morgan fingerprint density at radius 3 is 1.59 bits per heavy atom. The molecule has 9 N–H and O–H groups in total. The highest BCUT2D eigenvalue weighted by atomic mass is 28.2. The van der Waals surface area contributed by atoms with E-state index in [0.29, 0.717) is 10.5 Å². The van der Waals surface area contributed by atoms with Crippen LogP contribution >= 0.6 is 0 Å². The fourth-order valence-electron chi connectivity index (χ4n) is 1.17. The predicted octanol–water partition coefficient (Wildman–Crippen LogP) is -3.67. The molecule has 0 aromatic carbocycles. The van der Waals surface area contributed by atoms with Crippen LogP contribution in [0.2, 0.25) is 0 Å². The van der Waals surface area contributed by atoms with Crippen LogP contribution in [-0.2, 0) is 4.43 Å². The van der Waals surface area contributed by atoms with Crippen molar-refractivity contribution in [2.45, 2.75) is 12.2 Å². The van der Waals surface area contributed by atoms with E-state index >= 15 is 0 Å². The lowest BCUT2D eigenvalue weighted by molar-refractivity contribution is 0.162. The summed E-state index contributed by atoms with van der Waals surface area (Å²) in [6.45, 7) is 0.160. The van der Waals surface area contributed by atoms with Gasteiger partial charge < -0.3 is 21.6 Å². The second-order valence-corrected chi connectivity index (χ2v) is 3.69. The summed E-state index contributed by atoms with van der Waals surface area (Å²) in [4.78, 5) is 32.5. The fraction of sp³-hybridized carbons (Fsp3) is 0.500. The van der Waals surface area contributed by atoms with Crippen LogP contribution in [0.25, 0.3) is 0 Å². The Labute approximate surface area is 100 Å². The molecule has 0 bridgehead atoms. The Kier molecular flexibility index (Phi) is 5.77. The number of rotatable bonds is 6. The first-order valence-corrected chi connectivity index (χ1v) is 5.35. The van der Waals surface area contributed by atoms with Crippen molar-refractivity contribution in [1.82, 2.24) is 16.0 Å². The summed E-state index contributed by atoms with van der Waals surface area (Å²) < 4.78 is 4.90. The number of hydrogen-bond acceptors (Lipinski definition) is 4. The standard InChI is InChI=1S/C6H16N6O4Si/c7-3(13)10-6(1-2-16-17,11-4(8)14)12-5(9)15/h1-2H2,17H3,(H3,7,10,13)(H3,8,11,14)(H3,9,12,15). The van der Waals surface area contributed by atoms with Crippen LogP contribution < -0.4 is 33.2 Å². The summed E-state index contributed by atoms with van der Waals surface area (Å²) in [5.41, 5.74) is 14.8. The molecule has 0 heterocycles. The van der Waals surface area contributed by atoms with Crippen LogP contribution in [0.3, 0.4) is 0 Å². The monoisotopic (exact) mass is 264 g/mol. The second-order valence-electron chi connectivity index (χ2n) is 3.12. The minimum Gasteiger partial charge on any atom is -0.428 e. The number of nitrogens with two attached hydrogens (primary N) is 3. The molecule has 0 aromatic rings. The Hall–Kier alpha value is -2.01. The third kappa shape index (κ3) is 6.21. The molecule has 11 heteroatoms. The number of urea groups is 3. The molecule has 0 fully saturated rings. The molecule has 0 saturated carbocycles. The quantitative estimate of drug-likeness (QED) is 0.214. The molecule has 98 valence electrons. The molecule has 0 atom stereocenters. The first kappa shape index (κ1) is 15.0. The van der Waals surface area contributed by atoms with Crippen LogP contribution in [-0.4, -0.2) is 41.0 Å². The lowest BCUT2D eigenvalue weighted by Crippen LogP contribution is -2.72. The SMILES string of the molecule is NC(=O)NC(CCO[SiH3])(NC(N)=O)NC(N)=O. The van der Waals surface area contributed by atoms with Gasteiger partial charge in [-0.15, -0.1) is 0 Å². The average Bonchev–Trinajstić information content (AvgIpc) is 2.11. The zero-order chi connectivity index (χ0) is 13.5. The topological polar surface area (TPSA) is 175 Å². The Balaban J connectivity index is 4.95. The first-order chi connectivity index (χ1) is 7.81. The largest absolute Gasteiger partial charge is 0.428 e. The molecule has 0 unspecified atom stereocenters. The lowest BCUT2D eigenvalue weighted by atomic mass is 10.2. The van der Waals surface area contributed by atoms with Crippen LogP contribution in [0, 0.1) is 0 Å². The van der Waals surface area contributed by atoms with Gasteiger partial charge in [0.25, 0.3) is 0 Å². The molecule has 0 spiro atoms. The lowest BCUT2D eigenvalue weighted by Gasteiger charge is -2.34. The maximum absolute atomic E-state index is 10.8. The van der Waals surface area contributed by atoms with E-state index in [9.17, 15) is 14.4 Å². The molecule has 0 rings (SSSR count). The summed E-state index contributed by atoms with van der Waals surface area (Å²) >= 11 is 0. The number of nitrogens with one attached hydrogen (secondary N) is 3. The van der Waals surface area contributed by atoms with Crippen molar-refractivity contribution in [2.24, 2.45) is 17.2 Å². The maximum atomic E-state index is 10.8. The van der Waals surface area contributed by atoms with Gasteiger partial charge in [0.2, 0.25) is 0 Å². The molecule has 10 nitrogen and oxygen atoms in total. The summed E-state index contributed by atoms with van der Waals surface area (Å²) in [6, 6.07) is -2.91. The van der Waals surface area contributed by atoms with Crippen molar-refractivity contribution in [3.8, 4) is 0 Å². The van der Waals surface area contributed by atoms with Gasteiger partial charge in [-0.1, -0.05) is 0 Å². The summed E-state index contributed by atoms with van der Waals surface area (Å²) in [5, 5.41) is 6.42. The number of carbonyl (C=O) groups excluding carboxylic acids is 3. The van der Waals surface area contributed by atoms with E-state index < -0.39 is 23.9 Å². The summed E-state index contributed by atoms with van der Waals surface area (Å²) in [5.74, 6) is -1.66. The molecule has 17 heavy (non-hydrogen) atoms. The van der Waals surface area contributed by atoms with E-state index in [2.05, 4.69) is 16.0 Å². The van der Waals surface area contributed by atoms with Gasteiger partial charge >= 0.3 is 18.1 Å². The van der Waals surface area contributed by atoms with Crippen molar-refractivity contribution in [2.75, 3.05) is 6.61 Å². The van der Waals surface area contributed by atoms with Gasteiger partial charge in [0, 0.05) is 13.0 Å². The van der Waals surface area contributed by atoms with Crippen molar-refractivity contribution < 1.29 is 18.8 Å². The third-order valence-electron chi connectivity index (χ3n) is 1.69. The van der Waals surface area contributed by atoms with Gasteiger partial charge in [-0.3, -0.25) is 16.0 Å². The third-order valence-corrected chi connectivity index (χ3v) is 2.10. The van der Waals surface area contributed by atoms with Crippen molar-refractivity contribution in [3.05, 3.63) is 0 Å².